The lowest BCUT2D eigenvalue weighted by Gasteiger charge is -2.19. The maximum atomic E-state index is 9.26. The number of rotatable bonds is 5. The molecule has 1 aromatic carbocycles. The van der Waals surface area contributed by atoms with Gasteiger partial charge in [-0.05, 0) is 86.8 Å². The lowest BCUT2D eigenvalue weighted by Crippen LogP contribution is -2.09. The Morgan fingerprint density at radius 2 is 2.00 bits per heavy atom. The van der Waals surface area contributed by atoms with E-state index in [4.69, 9.17) is 4.74 Å². The zero-order chi connectivity index (χ0) is 16.9. The highest BCUT2D eigenvalue weighted by Crippen LogP contribution is 2.28. The van der Waals surface area contributed by atoms with Crippen molar-refractivity contribution < 1.29 is 4.74 Å². The molecule has 0 amide bonds. The minimum absolute atomic E-state index is 0.576. The molecule has 0 radical (unpaired) electrons. The van der Waals surface area contributed by atoms with Crippen molar-refractivity contribution in [1.29, 1.82) is 5.26 Å². The Morgan fingerprint density at radius 1 is 1.17 bits per heavy atom. The summed E-state index contributed by atoms with van der Waals surface area (Å²) in [7, 11) is 0. The minimum atomic E-state index is 0.576. The van der Waals surface area contributed by atoms with Crippen molar-refractivity contribution in [3.8, 4) is 11.8 Å². The van der Waals surface area contributed by atoms with Crippen LogP contribution in [0.15, 0.2) is 24.4 Å². The van der Waals surface area contributed by atoms with Gasteiger partial charge in [0.2, 0.25) is 0 Å². The molecule has 3 rings (SSSR count). The lowest BCUT2D eigenvalue weighted by molar-refractivity contribution is 0.336. The van der Waals surface area contributed by atoms with Crippen molar-refractivity contribution in [2.24, 2.45) is 0 Å². The first-order valence-corrected chi connectivity index (χ1v) is 8.85. The van der Waals surface area contributed by atoms with Crippen LogP contribution in [-0.4, -0.2) is 11.6 Å². The summed E-state index contributed by atoms with van der Waals surface area (Å²) in [6, 6.07) is 8.34. The van der Waals surface area contributed by atoms with Crippen LogP contribution < -0.4 is 4.74 Å². The lowest BCUT2D eigenvalue weighted by atomic mass is 9.89. The molecule has 1 heterocycles. The predicted octanol–water partition coefficient (Wildman–Crippen LogP) is 4.32. The normalized spacial score (nSPS) is 13.2. The van der Waals surface area contributed by atoms with Gasteiger partial charge in [0, 0.05) is 11.9 Å². The van der Waals surface area contributed by atoms with E-state index in [1.54, 1.807) is 0 Å². The number of aryl methyl sites for hydroxylation is 3. The van der Waals surface area contributed by atoms with Gasteiger partial charge in [-0.25, -0.2) is 0 Å². The molecular weight excluding hydrogens is 296 g/mol. The third kappa shape index (κ3) is 3.28. The summed E-state index contributed by atoms with van der Waals surface area (Å²) in [6.45, 7) is 4.58. The summed E-state index contributed by atoms with van der Waals surface area (Å²) >= 11 is 0. The van der Waals surface area contributed by atoms with Gasteiger partial charge >= 0.3 is 0 Å². The Kier molecular flexibility index (Phi) is 5.15. The van der Waals surface area contributed by atoms with E-state index in [0.29, 0.717) is 12.2 Å². The third-order valence-electron chi connectivity index (χ3n) is 4.92. The van der Waals surface area contributed by atoms with Crippen LogP contribution in [0.3, 0.4) is 0 Å². The van der Waals surface area contributed by atoms with Gasteiger partial charge in [-0.2, -0.15) is 5.26 Å². The van der Waals surface area contributed by atoms with Gasteiger partial charge in [-0.15, -0.1) is 0 Å². The SMILES string of the molecule is CCOc1c(C#N)ccc(CCc2nccc3c2CCCC3)c1C. The highest BCUT2D eigenvalue weighted by atomic mass is 16.5. The molecule has 24 heavy (non-hydrogen) atoms. The molecule has 1 aliphatic rings. The van der Waals surface area contributed by atoms with E-state index in [1.807, 2.05) is 19.2 Å². The largest absolute Gasteiger partial charge is 0.492 e. The molecular formula is C21H24N2O. The average Bonchev–Trinajstić information content (AvgIpc) is 2.62. The maximum absolute atomic E-state index is 9.26. The number of hydrogen-bond acceptors (Lipinski definition) is 3. The van der Waals surface area contributed by atoms with Gasteiger partial charge in [0.25, 0.3) is 0 Å². The van der Waals surface area contributed by atoms with E-state index in [1.165, 1.54) is 41.6 Å². The van der Waals surface area contributed by atoms with Crippen molar-refractivity contribution >= 4 is 0 Å². The van der Waals surface area contributed by atoms with Crippen LogP contribution in [0.1, 0.15) is 53.3 Å². The number of hydrogen-bond donors (Lipinski definition) is 0. The second kappa shape index (κ2) is 7.49. The summed E-state index contributed by atoms with van der Waals surface area (Å²) in [5, 5.41) is 9.26. The second-order valence-electron chi connectivity index (χ2n) is 6.37. The fourth-order valence-electron chi connectivity index (χ4n) is 3.63. The molecule has 3 nitrogen and oxygen atoms in total. The van der Waals surface area contributed by atoms with Gasteiger partial charge in [0.1, 0.15) is 11.8 Å². The van der Waals surface area contributed by atoms with Crippen molar-refractivity contribution in [1.82, 2.24) is 4.98 Å². The van der Waals surface area contributed by atoms with E-state index in [0.717, 1.165) is 30.6 Å². The molecule has 1 aliphatic carbocycles. The topological polar surface area (TPSA) is 45.9 Å². The number of benzene rings is 1. The third-order valence-corrected chi connectivity index (χ3v) is 4.92. The zero-order valence-corrected chi connectivity index (χ0v) is 14.6. The molecule has 0 atom stereocenters. The number of nitriles is 1. The zero-order valence-electron chi connectivity index (χ0n) is 14.6. The monoisotopic (exact) mass is 320 g/mol. The van der Waals surface area contributed by atoms with Crippen LogP contribution >= 0.6 is 0 Å². The molecule has 0 fully saturated rings. The second-order valence-corrected chi connectivity index (χ2v) is 6.37. The fraction of sp³-hybridized carbons (Fsp3) is 0.429. The Bertz CT molecular complexity index is 774. The predicted molar refractivity (Wildman–Crippen MR) is 95.4 cm³/mol. The van der Waals surface area contributed by atoms with E-state index in [2.05, 4.69) is 30.1 Å². The summed E-state index contributed by atoms with van der Waals surface area (Å²) in [5.74, 6) is 0.737. The molecule has 124 valence electrons. The molecule has 0 spiro atoms. The summed E-state index contributed by atoms with van der Waals surface area (Å²) in [4.78, 5) is 4.65. The van der Waals surface area contributed by atoms with Crippen molar-refractivity contribution in [2.75, 3.05) is 6.61 Å². The van der Waals surface area contributed by atoms with Crippen LogP contribution in [0, 0.1) is 18.3 Å². The Hall–Kier alpha value is -2.34. The standard InChI is InChI=1S/C21H24N2O/c1-3-24-21-15(2)16(8-9-18(21)14-22)10-11-20-19-7-5-4-6-17(19)12-13-23-20/h8-9,12-13H,3-7,10-11H2,1-2H3. The van der Waals surface area contributed by atoms with Crippen LogP contribution in [-0.2, 0) is 25.7 Å². The molecule has 0 N–H and O–H groups in total. The number of ether oxygens (including phenoxy) is 1. The van der Waals surface area contributed by atoms with E-state index in [-0.39, 0.29) is 0 Å². The first-order chi connectivity index (χ1) is 11.7. The van der Waals surface area contributed by atoms with Crippen molar-refractivity contribution in [3.63, 3.8) is 0 Å². The molecule has 0 aliphatic heterocycles. The first-order valence-electron chi connectivity index (χ1n) is 8.85. The van der Waals surface area contributed by atoms with Crippen LogP contribution in [0.2, 0.25) is 0 Å². The highest BCUT2D eigenvalue weighted by Gasteiger charge is 2.15. The molecule has 0 bridgehead atoms. The van der Waals surface area contributed by atoms with Crippen molar-refractivity contribution in [2.45, 2.75) is 52.4 Å². The van der Waals surface area contributed by atoms with Gasteiger partial charge < -0.3 is 4.74 Å². The molecule has 2 aromatic rings. The number of nitrogens with zero attached hydrogens (tertiary/aromatic N) is 2. The number of aromatic nitrogens is 1. The van der Waals surface area contributed by atoms with Gasteiger partial charge in [0.05, 0.1) is 12.2 Å². The van der Waals surface area contributed by atoms with E-state index in [9.17, 15) is 5.26 Å². The van der Waals surface area contributed by atoms with Crippen molar-refractivity contribution in [3.05, 3.63) is 57.9 Å². The first kappa shape index (κ1) is 16.5. The Labute approximate surface area is 144 Å². The van der Waals surface area contributed by atoms with Crippen LogP contribution in [0.4, 0.5) is 0 Å². The van der Waals surface area contributed by atoms with Crippen LogP contribution in [0.25, 0.3) is 0 Å². The molecule has 1 aromatic heterocycles. The van der Waals surface area contributed by atoms with E-state index < -0.39 is 0 Å². The molecule has 3 heteroatoms. The van der Waals surface area contributed by atoms with Gasteiger partial charge in [0.15, 0.2) is 0 Å². The maximum Gasteiger partial charge on any atom is 0.140 e. The highest BCUT2D eigenvalue weighted by molar-refractivity contribution is 5.51. The van der Waals surface area contributed by atoms with Gasteiger partial charge in [-0.3, -0.25) is 4.98 Å². The summed E-state index contributed by atoms with van der Waals surface area (Å²) < 4.78 is 5.70. The number of fused-ring (bicyclic) bond motifs is 1. The fourth-order valence-corrected chi connectivity index (χ4v) is 3.63. The van der Waals surface area contributed by atoms with Gasteiger partial charge in [-0.1, -0.05) is 6.07 Å². The Morgan fingerprint density at radius 3 is 2.79 bits per heavy atom. The Balaban J connectivity index is 1.83. The summed E-state index contributed by atoms with van der Waals surface area (Å²) in [5.41, 5.74) is 7.15. The van der Waals surface area contributed by atoms with E-state index >= 15 is 0 Å². The summed E-state index contributed by atoms with van der Waals surface area (Å²) in [6.07, 6.45) is 8.75. The minimum Gasteiger partial charge on any atom is -0.492 e. The van der Waals surface area contributed by atoms with Crippen LogP contribution in [0.5, 0.6) is 5.75 Å². The molecule has 0 saturated heterocycles. The quantitative estimate of drug-likeness (QED) is 0.824. The number of pyridine rings is 1. The smallest absolute Gasteiger partial charge is 0.140 e. The molecule has 0 saturated carbocycles. The average molecular weight is 320 g/mol. The molecule has 0 unspecified atom stereocenters.